The summed E-state index contributed by atoms with van der Waals surface area (Å²) < 4.78 is 10.6. The molecule has 1 aliphatic rings. The molecule has 1 aromatic carbocycles. The Morgan fingerprint density at radius 2 is 1.82 bits per heavy atom. The van der Waals surface area contributed by atoms with Crippen molar-refractivity contribution in [2.45, 2.75) is 58.5 Å². The largest absolute Gasteiger partial charge is 0.493 e. The third kappa shape index (κ3) is 6.25. The maximum Gasteiger partial charge on any atom is 0.329 e. The lowest BCUT2D eigenvalue weighted by Gasteiger charge is -2.21. The zero-order valence-corrected chi connectivity index (χ0v) is 16.8. The van der Waals surface area contributed by atoms with Gasteiger partial charge >= 0.3 is 5.97 Å². The average Bonchev–Trinajstić information content (AvgIpc) is 3.17. The summed E-state index contributed by atoms with van der Waals surface area (Å²) >= 11 is 0. The van der Waals surface area contributed by atoms with Gasteiger partial charge in [0.15, 0.2) is 6.61 Å². The van der Waals surface area contributed by atoms with Gasteiger partial charge in [0.1, 0.15) is 11.8 Å². The fraction of sp³-hybridized carbons (Fsp3) is 0.571. The summed E-state index contributed by atoms with van der Waals surface area (Å²) in [4.78, 5) is 37.1. The molecule has 154 valence electrons. The zero-order valence-electron chi connectivity index (χ0n) is 16.8. The van der Waals surface area contributed by atoms with Gasteiger partial charge in [0.05, 0.1) is 12.2 Å². The molecule has 2 rings (SSSR count). The second-order valence-electron chi connectivity index (χ2n) is 7.28. The van der Waals surface area contributed by atoms with Crippen LogP contribution in [0.1, 0.15) is 56.8 Å². The van der Waals surface area contributed by atoms with E-state index in [4.69, 9.17) is 9.47 Å². The number of hydrogen-bond acceptors (Lipinski definition) is 5. The first-order chi connectivity index (χ1) is 13.4. The van der Waals surface area contributed by atoms with Crippen molar-refractivity contribution in [1.29, 1.82) is 0 Å². The minimum atomic E-state index is -0.860. The Bertz CT molecular complexity index is 683. The number of amides is 2. The van der Waals surface area contributed by atoms with E-state index in [1.165, 1.54) is 0 Å². The van der Waals surface area contributed by atoms with E-state index in [0.29, 0.717) is 17.9 Å². The van der Waals surface area contributed by atoms with Gasteiger partial charge in [-0.25, -0.2) is 4.79 Å². The number of carbonyl (C=O) groups excluding carboxylic acids is 3. The number of esters is 1. The molecule has 1 saturated carbocycles. The van der Waals surface area contributed by atoms with Crippen molar-refractivity contribution in [2.75, 3.05) is 13.2 Å². The van der Waals surface area contributed by atoms with Gasteiger partial charge in [0, 0.05) is 6.04 Å². The molecule has 0 spiro atoms. The van der Waals surface area contributed by atoms with E-state index in [-0.39, 0.29) is 24.5 Å². The molecule has 2 N–H and O–H groups in total. The van der Waals surface area contributed by atoms with E-state index >= 15 is 0 Å². The quantitative estimate of drug-likeness (QED) is 0.632. The molecule has 0 bridgehead atoms. The summed E-state index contributed by atoms with van der Waals surface area (Å²) in [7, 11) is 0. The van der Waals surface area contributed by atoms with Crippen LogP contribution in [-0.2, 0) is 14.3 Å². The van der Waals surface area contributed by atoms with Gasteiger partial charge in [0.2, 0.25) is 0 Å². The summed E-state index contributed by atoms with van der Waals surface area (Å²) in [5.74, 6) is -1.10. The molecule has 0 heterocycles. The predicted octanol–water partition coefficient (Wildman–Crippen LogP) is 2.44. The van der Waals surface area contributed by atoms with E-state index in [2.05, 4.69) is 10.6 Å². The van der Waals surface area contributed by atoms with Crippen molar-refractivity contribution in [3.63, 3.8) is 0 Å². The van der Waals surface area contributed by atoms with Crippen LogP contribution in [0, 0.1) is 5.92 Å². The Hall–Kier alpha value is -2.57. The number of para-hydroxylation sites is 1. The summed E-state index contributed by atoms with van der Waals surface area (Å²) in [5, 5.41) is 5.57. The van der Waals surface area contributed by atoms with Gasteiger partial charge in [-0.3, -0.25) is 9.59 Å². The Morgan fingerprint density at radius 3 is 2.46 bits per heavy atom. The minimum Gasteiger partial charge on any atom is -0.493 e. The highest BCUT2D eigenvalue weighted by molar-refractivity contribution is 5.99. The maximum atomic E-state index is 12.6. The molecular weight excluding hydrogens is 360 g/mol. The minimum absolute atomic E-state index is 0.168. The molecule has 0 aromatic heterocycles. The fourth-order valence-corrected chi connectivity index (χ4v) is 3.22. The number of carbonyl (C=O) groups is 3. The first-order valence-corrected chi connectivity index (χ1v) is 9.91. The van der Waals surface area contributed by atoms with Crippen molar-refractivity contribution in [2.24, 2.45) is 5.92 Å². The molecule has 0 radical (unpaired) electrons. The van der Waals surface area contributed by atoms with Crippen LogP contribution in [0.5, 0.6) is 5.75 Å². The maximum absolute atomic E-state index is 12.6. The van der Waals surface area contributed by atoms with Crippen molar-refractivity contribution in [3.8, 4) is 5.75 Å². The highest BCUT2D eigenvalue weighted by Crippen LogP contribution is 2.19. The molecule has 7 nitrogen and oxygen atoms in total. The molecule has 1 aromatic rings. The smallest absolute Gasteiger partial charge is 0.329 e. The van der Waals surface area contributed by atoms with Gasteiger partial charge in [-0.05, 0) is 37.8 Å². The normalized spacial score (nSPS) is 15.1. The molecule has 0 unspecified atom stereocenters. The number of hydrogen-bond donors (Lipinski definition) is 2. The average molecular weight is 390 g/mol. The summed E-state index contributed by atoms with van der Waals surface area (Å²) in [6.07, 6.45) is 4.14. The van der Waals surface area contributed by atoms with Crippen LogP contribution in [0.3, 0.4) is 0 Å². The van der Waals surface area contributed by atoms with Crippen molar-refractivity contribution in [3.05, 3.63) is 29.8 Å². The second-order valence-corrected chi connectivity index (χ2v) is 7.28. The second kappa shape index (κ2) is 10.7. The SMILES string of the molecule is CCOc1ccccc1C(=O)N[C@H](C(=O)OCC(=O)NC1CCCC1)C(C)C. The lowest BCUT2D eigenvalue weighted by molar-refractivity contribution is -0.151. The van der Waals surface area contributed by atoms with Crippen molar-refractivity contribution < 1.29 is 23.9 Å². The zero-order chi connectivity index (χ0) is 20.5. The van der Waals surface area contributed by atoms with Gasteiger partial charge in [-0.1, -0.05) is 38.8 Å². The van der Waals surface area contributed by atoms with Crippen LogP contribution in [0.4, 0.5) is 0 Å². The Labute approximate surface area is 166 Å². The van der Waals surface area contributed by atoms with E-state index < -0.39 is 17.9 Å². The number of rotatable bonds is 9. The predicted molar refractivity (Wildman–Crippen MR) is 105 cm³/mol. The van der Waals surface area contributed by atoms with Crippen LogP contribution in [0.15, 0.2) is 24.3 Å². The van der Waals surface area contributed by atoms with E-state index in [1.807, 2.05) is 6.92 Å². The third-order valence-electron chi connectivity index (χ3n) is 4.70. The molecular formula is C21H30N2O5. The van der Waals surface area contributed by atoms with Gasteiger partial charge < -0.3 is 20.1 Å². The van der Waals surface area contributed by atoms with Gasteiger partial charge in [-0.2, -0.15) is 0 Å². The topological polar surface area (TPSA) is 93.7 Å². The molecule has 0 aliphatic heterocycles. The fourth-order valence-electron chi connectivity index (χ4n) is 3.22. The lowest BCUT2D eigenvalue weighted by atomic mass is 10.0. The molecule has 28 heavy (non-hydrogen) atoms. The van der Waals surface area contributed by atoms with E-state index in [1.54, 1.807) is 38.1 Å². The Kier molecular flexibility index (Phi) is 8.29. The lowest BCUT2D eigenvalue weighted by Crippen LogP contribution is -2.46. The molecule has 0 saturated heterocycles. The molecule has 1 atom stereocenters. The Balaban J connectivity index is 1.93. The Morgan fingerprint density at radius 1 is 1.14 bits per heavy atom. The first kappa shape index (κ1) is 21.7. The monoisotopic (exact) mass is 390 g/mol. The molecule has 7 heteroatoms. The highest BCUT2D eigenvalue weighted by Gasteiger charge is 2.28. The van der Waals surface area contributed by atoms with Crippen LogP contribution in [-0.4, -0.2) is 43.1 Å². The summed E-state index contributed by atoms with van der Waals surface area (Å²) in [6.45, 7) is 5.53. The third-order valence-corrected chi connectivity index (χ3v) is 4.70. The van der Waals surface area contributed by atoms with Gasteiger partial charge in [0.25, 0.3) is 11.8 Å². The number of ether oxygens (including phenoxy) is 2. The van der Waals surface area contributed by atoms with Crippen molar-refractivity contribution >= 4 is 17.8 Å². The number of nitrogens with one attached hydrogen (secondary N) is 2. The molecule has 2 amide bonds. The molecule has 1 aliphatic carbocycles. The van der Waals surface area contributed by atoms with Crippen LogP contribution in [0.25, 0.3) is 0 Å². The number of benzene rings is 1. The van der Waals surface area contributed by atoms with Crippen molar-refractivity contribution in [1.82, 2.24) is 10.6 Å². The molecule has 1 fully saturated rings. The van der Waals surface area contributed by atoms with Crippen LogP contribution in [0.2, 0.25) is 0 Å². The van der Waals surface area contributed by atoms with E-state index in [9.17, 15) is 14.4 Å². The highest BCUT2D eigenvalue weighted by atomic mass is 16.5. The first-order valence-electron chi connectivity index (χ1n) is 9.91. The standard InChI is InChI=1S/C21H30N2O5/c1-4-27-17-12-8-7-11-16(17)20(25)23-19(14(2)3)21(26)28-13-18(24)22-15-9-5-6-10-15/h7-8,11-12,14-15,19H,4-6,9-10,13H2,1-3H3,(H,22,24)(H,23,25)/t19-/m0/s1. The van der Waals surface area contributed by atoms with Crippen LogP contribution >= 0.6 is 0 Å². The summed E-state index contributed by atoms with van der Waals surface area (Å²) in [5.41, 5.74) is 0.349. The van der Waals surface area contributed by atoms with Gasteiger partial charge in [-0.15, -0.1) is 0 Å². The van der Waals surface area contributed by atoms with Crippen LogP contribution < -0.4 is 15.4 Å². The summed E-state index contributed by atoms with van der Waals surface area (Å²) in [6, 6.07) is 6.15. The van der Waals surface area contributed by atoms with E-state index in [0.717, 1.165) is 25.7 Å².